The summed E-state index contributed by atoms with van der Waals surface area (Å²) in [6.45, 7) is 5.88. The number of benzene rings is 1. The zero-order chi connectivity index (χ0) is 19.1. The molecule has 6 heteroatoms. The molecule has 0 atom stereocenters. The van der Waals surface area contributed by atoms with Crippen LogP contribution in [0.1, 0.15) is 45.1 Å². The van der Waals surface area contributed by atoms with E-state index >= 15 is 0 Å². The SMILES string of the molecule is CCC(CC)C(=O)N(CC(=O)NCC(=O)Nc1ccc(C)cc1)C1CC1. The van der Waals surface area contributed by atoms with Gasteiger partial charge in [0.2, 0.25) is 17.7 Å². The van der Waals surface area contributed by atoms with Gasteiger partial charge in [0.05, 0.1) is 13.1 Å². The molecule has 1 aliphatic rings. The summed E-state index contributed by atoms with van der Waals surface area (Å²) in [5.74, 6) is -0.563. The molecule has 0 heterocycles. The fourth-order valence-electron chi connectivity index (χ4n) is 2.88. The molecule has 26 heavy (non-hydrogen) atoms. The molecule has 0 radical (unpaired) electrons. The molecular formula is C20H29N3O3. The highest BCUT2D eigenvalue weighted by Crippen LogP contribution is 2.29. The number of anilines is 1. The van der Waals surface area contributed by atoms with Crippen LogP contribution in [0.5, 0.6) is 0 Å². The van der Waals surface area contributed by atoms with Crippen LogP contribution in [-0.4, -0.2) is 41.8 Å². The van der Waals surface area contributed by atoms with Gasteiger partial charge in [-0.25, -0.2) is 0 Å². The lowest BCUT2D eigenvalue weighted by atomic mass is 10.0. The highest BCUT2D eigenvalue weighted by atomic mass is 16.2. The van der Waals surface area contributed by atoms with Gasteiger partial charge in [0.25, 0.3) is 0 Å². The normalized spacial score (nSPS) is 13.4. The summed E-state index contributed by atoms with van der Waals surface area (Å²) in [7, 11) is 0. The number of nitrogens with one attached hydrogen (secondary N) is 2. The molecule has 2 rings (SSSR count). The molecule has 1 aliphatic carbocycles. The Kier molecular flexibility index (Phi) is 7.18. The van der Waals surface area contributed by atoms with Crippen LogP contribution >= 0.6 is 0 Å². The van der Waals surface area contributed by atoms with Crippen molar-refractivity contribution in [2.75, 3.05) is 18.4 Å². The van der Waals surface area contributed by atoms with E-state index in [-0.39, 0.29) is 42.8 Å². The highest BCUT2D eigenvalue weighted by molar-refractivity contribution is 5.95. The Hall–Kier alpha value is -2.37. The zero-order valence-electron chi connectivity index (χ0n) is 15.9. The van der Waals surface area contributed by atoms with Crippen molar-refractivity contribution in [2.24, 2.45) is 5.92 Å². The molecule has 0 saturated heterocycles. The minimum atomic E-state index is -0.296. The molecule has 1 aromatic rings. The monoisotopic (exact) mass is 359 g/mol. The van der Waals surface area contributed by atoms with E-state index in [4.69, 9.17) is 0 Å². The third-order valence-corrected chi connectivity index (χ3v) is 4.70. The molecule has 1 fully saturated rings. The van der Waals surface area contributed by atoms with Crippen LogP contribution in [0.3, 0.4) is 0 Å². The number of nitrogens with zero attached hydrogens (tertiary/aromatic N) is 1. The lowest BCUT2D eigenvalue weighted by Crippen LogP contribution is -2.45. The Bertz CT molecular complexity index is 634. The number of aryl methyl sites for hydroxylation is 1. The second-order valence-corrected chi connectivity index (χ2v) is 6.90. The maximum absolute atomic E-state index is 12.6. The summed E-state index contributed by atoms with van der Waals surface area (Å²) in [6.07, 6.45) is 3.46. The maximum atomic E-state index is 12.6. The molecule has 3 amide bonds. The van der Waals surface area contributed by atoms with Crippen molar-refractivity contribution in [3.8, 4) is 0 Å². The third kappa shape index (κ3) is 5.86. The fraction of sp³-hybridized carbons (Fsp3) is 0.550. The predicted molar refractivity (Wildman–Crippen MR) is 102 cm³/mol. The molecule has 2 N–H and O–H groups in total. The smallest absolute Gasteiger partial charge is 0.243 e. The molecule has 6 nitrogen and oxygen atoms in total. The molecule has 0 unspecified atom stereocenters. The van der Waals surface area contributed by atoms with E-state index in [1.165, 1.54) is 0 Å². The van der Waals surface area contributed by atoms with Gasteiger partial charge in [-0.15, -0.1) is 0 Å². The molecule has 0 aliphatic heterocycles. The minimum Gasteiger partial charge on any atom is -0.345 e. The first-order valence-corrected chi connectivity index (χ1v) is 9.38. The number of hydrogen-bond acceptors (Lipinski definition) is 3. The molecule has 1 aromatic carbocycles. The summed E-state index contributed by atoms with van der Waals surface area (Å²) in [5, 5.41) is 5.35. The van der Waals surface area contributed by atoms with E-state index in [1.807, 2.05) is 45.0 Å². The quantitative estimate of drug-likeness (QED) is 0.711. The van der Waals surface area contributed by atoms with Gasteiger partial charge < -0.3 is 15.5 Å². The number of hydrogen-bond donors (Lipinski definition) is 2. The Morgan fingerprint density at radius 2 is 1.69 bits per heavy atom. The van der Waals surface area contributed by atoms with Crippen molar-refractivity contribution in [3.63, 3.8) is 0 Å². The number of amides is 3. The number of carbonyl (C=O) groups excluding carboxylic acids is 3. The van der Waals surface area contributed by atoms with Crippen molar-refractivity contribution in [1.82, 2.24) is 10.2 Å². The topological polar surface area (TPSA) is 78.5 Å². The first-order chi connectivity index (χ1) is 12.4. The van der Waals surface area contributed by atoms with Crippen LogP contribution in [-0.2, 0) is 14.4 Å². The van der Waals surface area contributed by atoms with Gasteiger partial charge in [0.1, 0.15) is 0 Å². The second-order valence-electron chi connectivity index (χ2n) is 6.90. The van der Waals surface area contributed by atoms with E-state index in [0.29, 0.717) is 5.69 Å². The largest absolute Gasteiger partial charge is 0.345 e. The Morgan fingerprint density at radius 3 is 2.23 bits per heavy atom. The van der Waals surface area contributed by atoms with Crippen molar-refractivity contribution < 1.29 is 14.4 Å². The lowest BCUT2D eigenvalue weighted by Gasteiger charge is -2.26. The highest BCUT2D eigenvalue weighted by Gasteiger charge is 2.35. The maximum Gasteiger partial charge on any atom is 0.243 e. The van der Waals surface area contributed by atoms with E-state index in [1.54, 1.807) is 4.90 Å². The average molecular weight is 359 g/mol. The first kappa shape index (κ1) is 19.9. The second kappa shape index (κ2) is 9.36. The lowest BCUT2D eigenvalue weighted by molar-refractivity contribution is -0.140. The molecule has 1 saturated carbocycles. The van der Waals surface area contributed by atoms with Crippen LogP contribution in [0.2, 0.25) is 0 Å². The van der Waals surface area contributed by atoms with Gasteiger partial charge in [0, 0.05) is 17.6 Å². The number of carbonyl (C=O) groups is 3. The van der Waals surface area contributed by atoms with Gasteiger partial charge in [-0.05, 0) is 44.7 Å². The van der Waals surface area contributed by atoms with Crippen LogP contribution in [0.15, 0.2) is 24.3 Å². The van der Waals surface area contributed by atoms with Crippen LogP contribution < -0.4 is 10.6 Å². The van der Waals surface area contributed by atoms with Crippen LogP contribution in [0.25, 0.3) is 0 Å². The van der Waals surface area contributed by atoms with Crippen molar-refractivity contribution in [3.05, 3.63) is 29.8 Å². The van der Waals surface area contributed by atoms with E-state index in [9.17, 15) is 14.4 Å². The summed E-state index contributed by atoms with van der Waals surface area (Å²) < 4.78 is 0. The van der Waals surface area contributed by atoms with Gasteiger partial charge in [-0.3, -0.25) is 14.4 Å². The third-order valence-electron chi connectivity index (χ3n) is 4.70. The predicted octanol–water partition coefficient (Wildman–Crippen LogP) is 2.48. The van der Waals surface area contributed by atoms with Gasteiger partial charge in [-0.2, -0.15) is 0 Å². The van der Waals surface area contributed by atoms with Crippen molar-refractivity contribution in [1.29, 1.82) is 0 Å². The number of rotatable bonds is 9. The Labute approximate surface area is 155 Å². The van der Waals surface area contributed by atoms with Crippen LogP contribution in [0, 0.1) is 12.8 Å². The summed E-state index contributed by atoms with van der Waals surface area (Å²) in [4.78, 5) is 38.4. The van der Waals surface area contributed by atoms with Crippen LogP contribution in [0.4, 0.5) is 5.69 Å². The summed E-state index contributed by atoms with van der Waals surface area (Å²) >= 11 is 0. The van der Waals surface area contributed by atoms with Crippen molar-refractivity contribution >= 4 is 23.4 Å². The Morgan fingerprint density at radius 1 is 1.08 bits per heavy atom. The molecule has 0 bridgehead atoms. The molecule has 142 valence electrons. The average Bonchev–Trinajstić information content (AvgIpc) is 3.46. The minimum absolute atomic E-state index is 0.0256. The van der Waals surface area contributed by atoms with Gasteiger partial charge in [-0.1, -0.05) is 31.5 Å². The summed E-state index contributed by atoms with van der Waals surface area (Å²) in [5.41, 5.74) is 1.80. The molecular weight excluding hydrogens is 330 g/mol. The first-order valence-electron chi connectivity index (χ1n) is 9.38. The van der Waals surface area contributed by atoms with Crippen molar-refractivity contribution in [2.45, 2.75) is 52.5 Å². The molecule has 0 spiro atoms. The Balaban J connectivity index is 1.81. The van der Waals surface area contributed by atoms with E-state index in [0.717, 1.165) is 31.2 Å². The molecule has 0 aromatic heterocycles. The van der Waals surface area contributed by atoms with Gasteiger partial charge >= 0.3 is 0 Å². The fourth-order valence-corrected chi connectivity index (χ4v) is 2.88. The van der Waals surface area contributed by atoms with E-state index in [2.05, 4.69) is 10.6 Å². The van der Waals surface area contributed by atoms with E-state index < -0.39 is 0 Å². The zero-order valence-corrected chi connectivity index (χ0v) is 15.9. The summed E-state index contributed by atoms with van der Waals surface area (Å²) in [6, 6.07) is 7.63. The standard InChI is InChI=1S/C20H29N3O3/c1-4-15(5-2)20(26)23(17-10-11-17)13-19(25)21-12-18(24)22-16-8-6-14(3)7-9-16/h6-9,15,17H,4-5,10-13H2,1-3H3,(H,21,25)(H,22,24). The van der Waals surface area contributed by atoms with Gasteiger partial charge in [0.15, 0.2) is 0 Å².